The highest BCUT2D eigenvalue weighted by molar-refractivity contribution is 8.20. The van der Waals surface area contributed by atoms with E-state index in [1.54, 1.807) is 4.31 Å². The monoisotopic (exact) mass is 411 g/mol. The van der Waals surface area contributed by atoms with Crippen LogP contribution in [0, 0.1) is 23.7 Å². The Bertz CT molecular complexity index is 567. The molecule has 6 aliphatic rings. The lowest BCUT2D eigenvalue weighted by Crippen LogP contribution is -2.58. The van der Waals surface area contributed by atoms with Crippen molar-refractivity contribution in [2.75, 3.05) is 19.6 Å². The lowest BCUT2D eigenvalue weighted by molar-refractivity contribution is -0.125. The Labute approximate surface area is 171 Å². The molecule has 7 heteroatoms. The number of carbonyl (C=O) groups is 1. The van der Waals surface area contributed by atoms with Crippen molar-refractivity contribution in [2.24, 2.45) is 23.7 Å². The van der Waals surface area contributed by atoms with Gasteiger partial charge in [-0.15, -0.1) is 0 Å². The second-order valence-corrected chi connectivity index (χ2v) is 12.1. The van der Waals surface area contributed by atoms with Crippen molar-refractivity contribution < 1.29 is 13.9 Å². The van der Waals surface area contributed by atoms with E-state index in [0.717, 1.165) is 37.6 Å². The van der Waals surface area contributed by atoms with Crippen LogP contribution < -0.4 is 5.32 Å². The predicted molar refractivity (Wildman–Crippen MR) is 112 cm³/mol. The van der Waals surface area contributed by atoms with Crippen LogP contribution in [0.25, 0.3) is 0 Å². The minimum Gasteiger partial charge on any atom is -0.352 e. The Morgan fingerprint density at radius 3 is 2.18 bits per heavy atom. The molecule has 0 aromatic rings. The summed E-state index contributed by atoms with van der Waals surface area (Å²) >= 11 is 0. The summed E-state index contributed by atoms with van der Waals surface area (Å²) in [6.45, 7) is 1.45. The lowest BCUT2D eigenvalue weighted by atomic mass is 9.54. The zero-order valence-corrected chi connectivity index (χ0v) is 17.8. The Morgan fingerprint density at radius 2 is 1.54 bits per heavy atom. The van der Waals surface area contributed by atoms with Gasteiger partial charge in [-0.05, 0) is 75.0 Å². The van der Waals surface area contributed by atoms with Crippen LogP contribution in [-0.2, 0) is 4.79 Å². The van der Waals surface area contributed by atoms with Gasteiger partial charge < -0.3 is 5.32 Å². The first kappa shape index (κ1) is 19.6. The zero-order valence-electron chi connectivity index (χ0n) is 17.0. The van der Waals surface area contributed by atoms with Crippen LogP contribution in [0.3, 0.4) is 0 Å². The largest absolute Gasteiger partial charge is 0.352 e. The number of hydrogen-bond donors (Lipinski definition) is 3. The molecule has 6 fully saturated rings. The summed E-state index contributed by atoms with van der Waals surface area (Å²) in [6, 6.07) is 0.579. The molecule has 0 aromatic heterocycles. The summed E-state index contributed by atoms with van der Waals surface area (Å²) in [7, 11) is -3.01. The van der Waals surface area contributed by atoms with E-state index < -0.39 is 11.0 Å². The topological polar surface area (TPSA) is 76.0 Å². The van der Waals surface area contributed by atoms with Gasteiger partial charge in [0.15, 0.2) is 0 Å². The first-order chi connectivity index (χ1) is 13.5. The minimum absolute atomic E-state index is 0.0112. The number of hydrogen-bond acceptors (Lipinski definition) is 5. The molecule has 0 unspecified atom stereocenters. The fourth-order valence-corrected chi connectivity index (χ4v) is 9.21. The zero-order chi connectivity index (χ0) is 19.3. The maximum absolute atomic E-state index is 12.9. The third kappa shape index (κ3) is 3.62. The molecule has 0 spiro atoms. The van der Waals surface area contributed by atoms with E-state index >= 15 is 0 Å². The Kier molecular flexibility index (Phi) is 5.41. The fraction of sp³-hybridized carbons (Fsp3) is 0.952. The van der Waals surface area contributed by atoms with Crippen molar-refractivity contribution in [1.29, 1.82) is 0 Å². The highest BCUT2D eigenvalue weighted by atomic mass is 32.3. The van der Waals surface area contributed by atoms with Crippen molar-refractivity contribution >= 4 is 16.9 Å². The van der Waals surface area contributed by atoms with E-state index in [2.05, 4.69) is 5.32 Å². The van der Waals surface area contributed by atoms with Gasteiger partial charge in [-0.25, -0.2) is 0 Å². The van der Waals surface area contributed by atoms with Gasteiger partial charge in [0.1, 0.15) is 0 Å². The summed E-state index contributed by atoms with van der Waals surface area (Å²) in [5, 5.41) is 3.33. The molecule has 6 nitrogen and oxygen atoms in total. The number of nitrogens with zero attached hydrogens (tertiary/aromatic N) is 2. The molecule has 1 saturated heterocycles. The summed E-state index contributed by atoms with van der Waals surface area (Å²) in [5.41, 5.74) is 0. The van der Waals surface area contributed by atoms with E-state index in [1.165, 1.54) is 51.4 Å². The van der Waals surface area contributed by atoms with Crippen molar-refractivity contribution in [2.45, 2.75) is 82.7 Å². The van der Waals surface area contributed by atoms with Gasteiger partial charge in [0.05, 0.1) is 6.54 Å². The van der Waals surface area contributed by atoms with Gasteiger partial charge in [-0.3, -0.25) is 13.9 Å². The molecular formula is C21H37N3O3S. The Morgan fingerprint density at radius 1 is 0.893 bits per heavy atom. The minimum atomic E-state index is -3.01. The van der Waals surface area contributed by atoms with E-state index in [1.807, 2.05) is 4.31 Å². The van der Waals surface area contributed by atoms with Crippen molar-refractivity contribution in [1.82, 2.24) is 13.9 Å². The maximum atomic E-state index is 12.9. The standard InChI is InChI=1S/C21H37N3O3S/c25-20(22-21-17-10-15-9-16(12-17)13-18(21)11-15)14-23-7-4-8-24(28(23,26)27)19-5-2-1-3-6-19/h15-19,21,26-27H,1-14H2,(H,22,25). The summed E-state index contributed by atoms with van der Waals surface area (Å²) in [4.78, 5) is 12.9. The van der Waals surface area contributed by atoms with Crippen LogP contribution in [0.5, 0.6) is 0 Å². The highest BCUT2D eigenvalue weighted by Gasteiger charge is 2.49. The van der Waals surface area contributed by atoms with Crippen LogP contribution in [0.1, 0.15) is 70.6 Å². The van der Waals surface area contributed by atoms with Crippen LogP contribution in [0.2, 0.25) is 0 Å². The summed E-state index contributed by atoms with van der Waals surface area (Å²) < 4.78 is 25.6. The van der Waals surface area contributed by atoms with E-state index in [-0.39, 0.29) is 18.5 Å². The molecule has 4 bridgehead atoms. The van der Waals surface area contributed by atoms with Gasteiger partial charge >= 0.3 is 0 Å². The normalized spacial score (nSPS) is 42.4. The molecule has 1 amide bonds. The van der Waals surface area contributed by atoms with Gasteiger partial charge in [-0.1, -0.05) is 30.2 Å². The molecule has 1 heterocycles. The Hall–Kier alpha value is -0.340. The Balaban J connectivity index is 1.21. The quantitative estimate of drug-likeness (QED) is 0.655. The lowest BCUT2D eigenvalue weighted by Gasteiger charge is -2.56. The third-order valence-electron chi connectivity index (χ3n) is 8.30. The second-order valence-electron chi connectivity index (χ2n) is 10.2. The molecule has 28 heavy (non-hydrogen) atoms. The number of carbonyl (C=O) groups excluding carboxylic acids is 1. The SMILES string of the molecule is O=C(CN1CCCN(C2CCCCC2)S1(O)O)NC1C2CC3CC(C2)CC1C3. The van der Waals surface area contributed by atoms with Gasteiger partial charge in [0.2, 0.25) is 5.91 Å². The van der Waals surface area contributed by atoms with E-state index in [4.69, 9.17) is 0 Å². The van der Waals surface area contributed by atoms with Crippen LogP contribution in [-0.4, -0.2) is 55.3 Å². The second kappa shape index (κ2) is 7.73. The van der Waals surface area contributed by atoms with Crippen molar-refractivity contribution in [3.63, 3.8) is 0 Å². The predicted octanol–water partition coefficient (Wildman–Crippen LogP) is 3.85. The van der Waals surface area contributed by atoms with Crippen LogP contribution in [0.4, 0.5) is 0 Å². The van der Waals surface area contributed by atoms with Crippen LogP contribution in [0.15, 0.2) is 0 Å². The van der Waals surface area contributed by atoms with Crippen molar-refractivity contribution in [3.8, 4) is 0 Å². The first-order valence-electron chi connectivity index (χ1n) is 11.6. The third-order valence-corrected chi connectivity index (χ3v) is 10.4. The molecule has 3 N–H and O–H groups in total. The summed E-state index contributed by atoms with van der Waals surface area (Å²) in [5.74, 6) is 3.09. The molecule has 0 radical (unpaired) electrons. The van der Waals surface area contributed by atoms with Gasteiger partial charge in [-0.2, -0.15) is 8.61 Å². The van der Waals surface area contributed by atoms with Crippen LogP contribution >= 0.6 is 11.0 Å². The molecule has 5 saturated carbocycles. The van der Waals surface area contributed by atoms with Gasteiger partial charge in [0.25, 0.3) is 0 Å². The molecule has 5 aliphatic carbocycles. The number of rotatable bonds is 4. The van der Waals surface area contributed by atoms with Crippen molar-refractivity contribution in [3.05, 3.63) is 0 Å². The average Bonchev–Trinajstić information content (AvgIpc) is 2.66. The molecule has 0 aromatic carbocycles. The first-order valence-corrected chi connectivity index (χ1v) is 13.1. The van der Waals surface area contributed by atoms with E-state index in [0.29, 0.717) is 24.4 Å². The molecule has 160 valence electrons. The molecule has 6 rings (SSSR count). The summed E-state index contributed by atoms with van der Waals surface area (Å²) in [6.07, 6.45) is 13.1. The maximum Gasteiger partial charge on any atom is 0.236 e. The number of amides is 1. The van der Waals surface area contributed by atoms with E-state index in [9.17, 15) is 13.9 Å². The fourth-order valence-electron chi connectivity index (χ4n) is 7.27. The molecule has 0 atom stereocenters. The average molecular weight is 412 g/mol. The molecule has 1 aliphatic heterocycles. The van der Waals surface area contributed by atoms with Gasteiger partial charge in [0, 0.05) is 25.2 Å². The highest BCUT2D eigenvalue weighted by Crippen LogP contribution is 2.54. The number of nitrogens with one attached hydrogen (secondary N) is 1. The smallest absolute Gasteiger partial charge is 0.236 e. The molecular weight excluding hydrogens is 374 g/mol.